The van der Waals surface area contributed by atoms with Gasteiger partial charge in [0.25, 0.3) is 0 Å². The largest absolute Gasteiger partial charge is 0.309 e. The van der Waals surface area contributed by atoms with E-state index in [1.165, 1.54) is 5.88 Å². The van der Waals surface area contributed by atoms with E-state index >= 15 is 0 Å². The lowest BCUT2D eigenvalue weighted by Crippen LogP contribution is -2.27. The van der Waals surface area contributed by atoms with E-state index in [9.17, 15) is 0 Å². The average molecular weight is 163 g/mol. The Hall–Kier alpha value is 0.310. The fourth-order valence-electron chi connectivity index (χ4n) is 0.655. The highest BCUT2D eigenvalue weighted by atomic mass is 32.2. The van der Waals surface area contributed by atoms with Crippen molar-refractivity contribution in [3.63, 3.8) is 0 Å². The quantitative estimate of drug-likeness (QED) is 0.605. The van der Waals surface area contributed by atoms with Gasteiger partial charge >= 0.3 is 0 Å². The zero-order chi connectivity index (χ0) is 8.20. The molecule has 0 heterocycles. The first kappa shape index (κ1) is 10.3. The van der Waals surface area contributed by atoms with Gasteiger partial charge in [0.15, 0.2) is 0 Å². The molecule has 0 bridgehead atoms. The number of rotatable bonds is 3. The molecule has 0 fully saturated rings. The zero-order valence-electron chi connectivity index (χ0n) is 7.86. The molecule has 0 saturated heterocycles. The highest BCUT2D eigenvalue weighted by Gasteiger charge is 2.08. The second kappa shape index (κ2) is 4.24. The molecular formula is C8H21NS. The third-order valence-corrected chi connectivity index (χ3v) is 1.94. The molecule has 0 atom stereocenters. The molecule has 0 radical (unpaired) electrons. The van der Waals surface area contributed by atoms with Crippen LogP contribution in [0.4, 0.5) is 0 Å². The van der Waals surface area contributed by atoms with Crippen molar-refractivity contribution in [2.45, 2.75) is 20.8 Å². The first-order valence-electron chi connectivity index (χ1n) is 3.77. The van der Waals surface area contributed by atoms with Crippen molar-refractivity contribution in [2.24, 2.45) is 5.41 Å². The van der Waals surface area contributed by atoms with Gasteiger partial charge in [0.2, 0.25) is 0 Å². The van der Waals surface area contributed by atoms with Gasteiger partial charge in [-0.25, -0.2) is 10.9 Å². The summed E-state index contributed by atoms with van der Waals surface area (Å²) in [6, 6.07) is 0. The SMILES string of the molecule is C[SH](C)CNCC(C)(C)C. The summed E-state index contributed by atoms with van der Waals surface area (Å²) in [7, 11) is 0.235. The molecule has 1 nitrogen and oxygen atoms in total. The molecule has 0 spiro atoms. The molecule has 1 N–H and O–H groups in total. The molecule has 0 aliphatic rings. The van der Waals surface area contributed by atoms with Crippen molar-refractivity contribution in [3.8, 4) is 0 Å². The molecular weight excluding hydrogens is 142 g/mol. The van der Waals surface area contributed by atoms with Crippen LogP contribution in [0.2, 0.25) is 0 Å². The second-order valence-electron chi connectivity index (χ2n) is 4.23. The number of hydrogen-bond acceptors (Lipinski definition) is 1. The normalized spacial score (nSPS) is 13.5. The summed E-state index contributed by atoms with van der Waals surface area (Å²) < 4.78 is 0. The second-order valence-corrected chi connectivity index (χ2v) is 6.70. The Labute approximate surface area is 67.9 Å². The minimum Gasteiger partial charge on any atom is -0.309 e. The monoisotopic (exact) mass is 163 g/mol. The summed E-state index contributed by atoms with van der Waals surface area (Å²) in [6.45, 7) is 7.91. The maximum Gasteiger partial charge on any atom is 0.0233 e. The first-order valence-corrected chi connectivity index (χ1v) is 6.19. The lowest BCUT2D eigenvalue weighted by Gasteiger charge is -2.20. The van der Waals surface area contributed by atoms with Gasteiger partial charge in [0, 0.05) is 12.4 Å². The topological polar surface area (TPSA) is 12.0 Å². The van der Waals surface area contributed by atoms with Crippen molar-refractivity contribution in [2.75, 3.05) is 24.9 Å². The number of nitrogens with one attached hydrogen (secondary N) is 1. The average Bonchev–Trinajstić information content (AvgIpc) is 1.59. The third kappa shape index (κ3) is 8.31. The smallest absolute Gasteiger partial charge is 0.0233 e. The van der Waals surface area contributed by atoms with E-state index in [4.69, 9.17) is 0 Å². The van der Waals surface area contributed by atoms with Gasteiger partial charge in [-0.15, -0.1) is 0 Å². The van der Waals surface area contributed by atoms with E-state index in [-0.39, 0.29) is 10.9 Å². The van der Waals surface area contributed by atoms with Crippen LogP contribution in [0.1, 0.15) is 20.8 Å². The van der Waals surface area contributed by atoms with E-state index in [0.717, 1.165) is 6.54 Å². The summed E-state index contributed by atoms with van der Waals surface area (Å²) in [6.07, 6.45) is 4.59. The van der Waals surface area contributed by atoms with E-state index in [2.05, 4.69) is 38.6 Å². The van der Waals surface area contributed by atoms with Crippen molar-refractivity contribution < 1.29 is 0 Å². The molecule has 0 rings (SSSR count). The minimum absolute atomic E-state index is 0.235. The number of thiol groups is 1. The van der Waals surface area contributed by atoms with E-state index in [0.29, 0.717) is 5.41 Å². The molecule has 0 unspecified atom stereocenters. The van der Waals surface area contributed by atoms with Crippen LogP contribution >= 0.6 is 10.9 Å². The zero-order valence-corrected chi connectivity index (χ0v) is 8.76. The molecule has 0 aromatic carbocycles. The first-order chi connectivity index (χ1) is 4.42. The van der Waals surface area contributed by atoms with Crippen molar-refractivity contribution in [1.29, 1.82) is 0 Å². The van der Waals surface area contributed by atoms with Crippen LogP contribution in [0.5, 0.6) is 0 Å². The maximum atomic E-state index is 3.45. The van der Waals surface area contributed by atoms with Crippen LogP contribution in [0.25, 0.3) is 0 Å². The number of hydrogen-bond donors (Lipinski definition) is 2. The molecule has 0 aliphatic carbocycles. The predicted molar refractivity (Wildman–Crippen MR) is 53.2 cm³/mol. The van der Waals surface area contributed by atoms with Crippen LogP contribution in [-0.4, -0.2) is 24.9 Å². The summed E-state index contributed by atoms with van der Waals surface area (Å²) in [5.41, 5.74) is 0.436. The van der Waals surface area contributed by atoms with Crippen LogP contribution in [0.15, 0.2) is 0 Å². The van der Waals surface area contributed by atoms with Gasteiger partial charge in [-0.05, 0) is 17.9 Å². The van der Waals surface area contributed by atoms with Crippen molar-refractivity contribution in [3.05, 3.63) is 0 Å². The Morgan fingerprint density at radius 2 is 1.70 bits per heavy atom. The molecule has 0 aromatic rings. The maximum absolute atomic E-state index is 3.45. The van der Waals surface area contributed by atoms with Crippen LogP contribution in [0, 0.1) is 5.41 Å². The van der Waals surface area contributed by atoms with Crippen LogP contribution < -0.4 is 5.32 Å². The summed E-state index contributed by atoms with van der Waals surface area (Å²) >= 11 is 0. The molecule has 10 heavy (non-hydrogen) atoms. The van der Waals surface area contributed by atoms with Gasteiger partial charge in [-0.2, -0.15) is 0 Å². The standard InChI is InChI=1S/C8H21NS/c1-8(2,3)6-9-7-10(4)5/h9-10H,6-7H2,1-5H3. The van der Waals surface area contributed by atoms with Gasteiger partial charge in [-0.1, -0.05) is 20.8 Å². The van der Waals surface area contributed by atoms with Gasteiger partial charge in [0.05, 0.1) is 0 Å². The van der Waals surface area contributed by atoms with Crippen molar-refractivity contribution >= 4 is 10.9 Å². The predicted octanol–water partition coefficient (Wildman–Crippen LogP) is 1.84. The Kier molecular flexibility index (Phi) is 4.37. The van der Waals surface area contributed by atoms with Gasteiger partial charge in [0.1, 0.15) is 0 Å². The fraction of sp³-hybridized carbons (Fsp3) is 1.00. The fourth-order valence-corrected chi connectivity index (χ4v) is 1.21. The summed E-state index contributed by atoms with van der Waals surface area (Å²) in [4.78, 5) is 0. The molecule has 0 aromatic heterocycles. The van der Waals surface area contributed by atoms with Crippen LogP contribution in [-0.2, 0) is 0 Å². The Balaban J connectivity index is 3.21. The van der Waals surface area contributed by atoms with Gasteiger partial charge in [-0.3, -0.25) is 0 Å². The lowest BCUT2D eigenvalue weighted by molar-refractivity contribution is 0.392. The Morgan fingerprint density at radius 1 is 1.20 bits per heavy atom. The third-order valence-electron chi connectivity index (χ3n) is 1.08. The lowest BCUT2D eigenvalue weighted by atomic mass is 9.97. The van der Waals surface area contributed by atoms with E-state index < -0.39 is 0 Å². The van der Waals surface area contributed by atoms with Crippen LogP contribution in [0.3, 0.4) is 0 Å². The summed E-state index contributed by atoms with van der Waals surface area (Å²) in [5, 5.41) is 3.45. The molecule has 0 saturated carbocycles. The molecule has 0 aliphatic heterocycles. The highest BCUT2D eigenvalue weighted by Crippen LogP contribution is 2.13. The highest BCUT2D eigenvalue weighted by molar-refractivity contribution is 8.15. The molecule has 0 amide bonds. The minimum atomic E-state index is 0.235. The Bertz CT molecular complexity index is 83.7. The Morgan fingerprint density at radius 3 is 2.00 bits per heavy atom. The van der Waals surface area contributed by atoms with Crippen molar-refractivity contribution in [1.82, 2.24) is 5.32 Å². The molecule has 64 valence electrons. The van der Waals surface area contributed by atoms with E-state index in [1.54, 1.807) is 0 Å². The van der Waals surface area contributed by atoms with E-state index in [1.807, 2.05) is 0 Å². The van der Waals surface area contributed by atoms with Gasteiger partial charge < -0.3 is 5.32 Å². The summed E-state index contributed by atoms with van der Waals surface area (Å²) in [5.74, 6) is 1.20. The molecule has 2 heteroatoms.